The van der Waals surface area contributed by atoms with E-state index in [9.17, 15) is 9.18 Å². The van der Waals surface area contributed by atoms with Crippen molar-refractivity contribution in [3.05, 3.63) is 52.7 Å². The summed E-state index contributed by atoms with van der Waals surface area (Å²) in [5.74, 6) is 0.141. The van der Waals surface area contributed by atoms with Crippen molar-refractivity contribution >= 4 is 5.95 Å². The van der Waals surface area contributed by atoms with Crippen LogP contribution in [0.3, 0.4) is 0 Å². The summed E-state index contributed by atoms with van der Waals surface area (Å²) in [7, 11) is 0. The highest BCUT2D eigenvalue weighted by Gasteiger charge is 2.26. The summed E-state index contributed by atoms with van der Waals surface area (Å²) in [6.07, 6.45) is 4.87. The number of benzene rings is 1. The topological polar surface area (TPSA) is 76.8 Å². The third kappa shape index (κ3) is 2.91. The van der Waals surface area contributed by atoms with Gasteiger partial charge in [0.05, 0.1) is 17.0 Å². The highest BCUT2D eigenvalue weighted by molar-refractivity contribution is 5.79. The van der Waals surface area contributed by atoms with Crippen LogP contribution in [0.2, 0.25) is 0 Å². The first-order valence-corrected chi connectivity index (χ1v) is 9.15. The molecular weight excluding hydrogens is 347 g/mol. The maximum Gasteiger partial charge on any atom is 0.275 e. The number of hydrazine groups is 1. The third-order valence-corrected chi connectivity index (χ3v) is 4.97. The number of rotatable bonds is 5. The van der Waals surface area contributed by atoms with E-state index in [4.69, 9.17) is 0 Å². The van der Waals surface area contributed by atoms with Crippen LogP contribution in [0.1, 0.15) is 19.3 Å². The maximum absolute atomic E-state index is 13.4. The van der Waals surface area contributed by atoms with Crippen LogP contribution in [-0.4, -0.2) is 25.4 Å². The maximum atomic E-state index is 13.4. The lowest BCUT2D eigenvalue weighted by atomic mass is 10.0. The van der Waals surface area contributed by atoms with E-state index >= 15 is 0 Å². The summed E-state index contributed by atoms with van der Waals surface area (Å²) in [5.41, 5.74) is 8.80. The first-order valence-electron chi connectivity index (χ1n) is 9.15. The smallest absolute Gasteiger partial charge is 0.275 e. The fourth-order valence-electron chi connectivity index (χ4n) is 3.50. The molecule has 3 heterocycles. The normalized spacial score (nSPS) is 15.7. The largest absolute Gasteiger partial charge is 0.289 e. The van der Waals surface area contributed by atoms with Crippen LogP contribution < -0.4 is 16.4 Å². The quantitative estimate of drug-likeness (QED) is 0.678. The molecule has 0 spiro atoms. The minimum absolute atomic E-state index is 0.0710. The van der Waals surface area contributed by atoms with Gasteiger partial charge in [-0.2, -0.15) is 0 Å². The number of fused-ring (bicyclic) bond motifs is 1. The lowest BCUT2D eigenvalue weighted by Crippen LogP contribution is -2.25. The van der Waals surface area contributed by atoms with Gasteiger partial charge < -0.3 is 0 Å². The van der Waals surface area contributed by atoms with Crippen molar-refractivity contribution in [2.75, 3.05) is 5.43 Å². The molecule has 1 aliphatic carbocycles. The Balaban J connectivity index is 1.63. The minimum atomic E-state index is -0.327. The average molecular weight is 366 g/mol. The van der Waals surface area contributed by atoms with Crippen molar-refractivity contribution in [2.45, 2.75) is 38.4 Å². The second kappa shape index (κ2) is 6.31. The van der Waals surface area contributed by atoms with Crippen LogP contribution in [0.4, 0.5) is 10.3 Å². The molecule has 1 fully saturated rings. The van der Waals surface area contributed by atoms with Gasteiger partial charge in [-0.3, -0.25) is 14.9 Å². The molecule has 0 amide bonds. The number of nitrogens with zero attached hydrogens (tertiary/aromatic N) is 4. The summed E-state index contributed by atoms with van der Waals surface area (Å²) in [6.45, 7) is 1.42. The van der Waals surface area contributed by atoms with Crippen LogP contribution in [0.5, 0.6) is 0 Å². The van der Waals surface area contributed by atoms with Crippen molar-refractivity contribution in [2.24, 2.45) is 0 Å². The van der Waals surface area contributed by atoms with Gasteiger partial charge in [0.25, 0.3) is 5.56 Å². The number of hydrogen-bond donors (Lipinski definition) is 2. The van der Waals surface area contributed by atoms with Crippen molar-refractivity contribution in [3.8, 4) is 22.5 Å². The average Bonchev–Trinajstić information content (AvgIpc) is 3.32. The summed E-state index contributed by atoms with van der Waals surface area (Å²) in [5, 5.41) is 0. The van der Waals surface area contributed by atoms with Crippen molar-refractivity contribution in [3.63, 3.8) is 0 Å². The van der Waals surface area contributed by atoms with Gasteiger partial charge in [-0.25, -0.2) is 24.5 Å². The molecule has 1 saturated carbocycles. The van der Waals surface area contributed by atoms with Crippen LogP contribution in [-0.2, 0) is 13.1 Å². The van der Waals surface area contributed by atoms with E-state index in [1.54, 1.807) is 29.1 Å². The van der Waals surface area contributed by atoms with Crippen molar-refractivity contribution in [1.82, 2.24) is 24.8 Å². The fraction of sp³-hybridized carbons (Fsp3) is 0.316. The van der Waals surface area contributed by atoms with E-state index in [1.807, 2.05) is 4.68 Å². The van der Waals surface area contributed by atoms with Gasteiger partial charge >= 0.3 is 0 Å². The third-order valence-electron chi connectivity index (χ3n) is 4.97. The van der Waals surface area contributed by atoms with Gasteiger partial charge in [0.2, 0.25) is 5.95 Å². The molecule has 0 radical (unpaired) electrons. The molecule has 1 aliphatic heterocycles. The zero-order valence-corrected chi connectivity index (χ0v) is 14.7. The van der Waals surface area contributed by atoms with Gasteiger partial charge in [0, 0.05) is 25.3 Å². The number of halogens is 1. The number of hydrogen-bond acceptors (Lipinski definition) is 5. The molecule has 0 bridgehead atoms. The van der Waals surface area contributed by atoms with Crippen LogP contribution in [0.25, 0.3) is 22.5 Å². The van der Waals surface area contributed by atoms with Gasteiger partial charge in [-0.1, -0.05) is 12.1 Å². The van der Waals surface area contributed by atoms with E-state index in [-0.39, 0.29) is 11.4 Å². The zero-order valence-electron chi connectivity index (χ0n) is 14.7. The molecule has 2 aliphatic rings. The molecule has 27 heavy (non-hydrogen) atoms. The second-order valence-corrected chi connectivity index (χ2v) is 6.94. The molecule has 2 aromatic heterocycles. The summed E-state index contributed by atoms with van der Waals surface area (Å²) >= 11 is 0. The molecule has 5 rings (SSSR count). The molecule has 7 nitrogen and oxygen atoms in total. The fourth-order valence-corrected chi connectivity index (χ4v) is 3.50. The van der Waals surface area contributed by atoms with Gasteiger partial charge in [-0.15, -0.1) is 0 Å². The predicted octanol–water partition coefficient (Wildman–Crippen LogP) is 2.40. The number of aromatic nitrogens is 4. The molecular formula is C19H19FN6O. The lowest BCUT2D eigenvalue weighted by Gasteiger charge is -2.10. The molecule has 138 valence electrons. The Hall–Kier alpha value is -3.00. The first kappa shape index (κ1) is 16.2. The van der Waals surface area contributed by atoms with E-state index in [0.29, 0.717) is 35.4 Å². The highest BCUT2D eigenvalue weighted by Crippen LogP contribution is 2.31. The first-order chi connectivity index (χ1) is 13.2. The number of nitrogens with one attached hydrogen (secondary N) is 2. The summed E-state index contributed by atoms with van der Waals surface area (Å²) in [4.78, 5) is 21.9. The number of anilines is 1. The van der Waals surface area contributed by atoms with Crippen molar-refractivity contribution in [1.29, 1.82) is 0 Å². The predicted molar refractivity (Wildman–Crippen MR) is 99.5 cm³/mol. The highest BCUT2D eigenvalue weighted by atomic mass is 19.1. The Bertz CT molecular complexity index is 1050. The van der Waals surface area contributed by atoms with E-state index in [1.165, 1.54) is 12.1 Å². The van der Waals surface area contributed by atoms with Gasteiger partial charge in [0.1, 0.15) is 5.82 Å². The molecule has 0 saturated heterocycles. The Morgan fingerprint density at radius 3 is 2.63 bits per heavy atom. The molecule has 3 aromatic rings. The van der Waals surface area contributed by atoms with E-state index < -0.39 is 0 Å². The Labute approximate surface area is 154 Å². The molecule has 1 aromatic carbocycles. The molecule has 0 atom stereocenters. The SMILES string of the molecule is O=c1c(-c2ccc(F)cc2)c(-c2ccnc(NNC3CC3)n2)n2n1CCC2. The minimum Gasteiger partial charge on any atom is -0.289 e. The van der Waals surface area contributed by atoms with Gasteiger partial charge in [-0.05, 0) is 43.0 Å². The molecule has 0 unspecified atom stereocenters. The standard InChI is InChI=1S/C19H19FN6O/c20-13-4-2-12(3-5-13)16-17(25-10-1-11-26(25)18(16)27)15-8-9-21-19(22-15)24-23-14-6-7-14/h2-5,8-9,14,23H,1,6-7,10-11H2,(H,21,22,24). The van der Waals surface area contributed by atoms with E-state index in [2.05, 4.69) is 20.8 Å². The Morgan fingerprint density at radius 2 is 1.85 bits per heavy atom. The van der Waals surface area contributed by atoms with Crippen LogP contribution in [0, 0.1) is 5.82 Å². The molecule has 2 N–H and O–H groups in total. The van der Waals surface area contributed by atoms with Crippen molar-refractivity contribution < 1.29 is 4.39 Å². The summed E-state index contributed by atoms with van der Waals surface area (Å²) in [6, 6.07) is 8.29. The summed E-state index contributed by atoms with van der Waals surface area (Å²) < 4.78 is 17.1. The monoisotopic (exact) mass is 366 g/mol. The Kier molecular flexibility index (Phi) is 3.78. The molecule has 8 heteroatoms. The second-order valence-electron chi connectivity index (χ2n) is 6.94. The van der Waals surface area contributed by atoms with E-state index in [0.717, 1.165) is 31.5 Å². The Morgan fingerprint density at radius 1 is 1.07 bits per heavy atom. The van der Waals surface area contributed by atoms with Crippen LogP contribution >= 0.6 is 0 Å². The zero-order chi connectivity index (χ0) is 18.4. The van der Waals surface area contributed by atoms with Gasteiger partial charge in [0.15, 0.2) is 0 Å². The lowest BCUT2D eigenvalue weighted by molar-refractivity contribution is 0.599. The van der Waals surface area contributed by atoms with Crippen LogP contribution in [0.15, 0.2) is 41.3 Å².